The van der Waals surface area contributed by atoms with Crippen molar-refractivity contribution in [3.8, 4) is 0 Å². The maximum Gasteiger partial charge on any atom is 0.168 e. The van der Waals surface area contributed by atoms with Crippen LogP contribution in [0.15, 0.2) is 35.5 Å². The van der Waals surface area contributed by atoms with E-state index in [4.69, 9.17) is 13.9 Å². The molecule has 7 heteroatoms. The molecule has 112 valence electrons. The molecule has 0 aromatic carbocycles. The Hall–Kier alpha value is -1.99. The first-order valence-corrected chi connectivity index (χ1v) is 6.75. The highest BCUT2D eigenvalue weighted by atomic mass is 16.7. The van der Waals surface area contributed by atoms with Gasteiger partial charge in [0, 0.05) is 6.42 Å². The van der Waals surface area contributed by atoms with E-state index in [2.05, 4.69) is 10.1 Å². The summed E-state index contributed by atoms with van der Waals surface area (Å²) in [5.74, 6) is 0.731. The van der Waals surface area contributed by atoms with Gasteiger partial charge < -0.3 is 13.9 Å². The van der Waals surface area contributed by atoms with Crippen molar-refractivity contribution < 1.29 is 18.7 Å². The smallest absolute Gasteiger partial charge is 0.168 e. The molecule has 0 amide bonds. The number of hydrogen-bond donors (Lipinski definition) is 0. The van der Waals surface area contributed by atoms with Crippen molar-refractivity contribution in [2.24, 2.45) is 5.41 Å². The van der Waals surface area contributed by atoms with E-state index in [1.807, 2.05) is 13.0 Å². The maximum atomic E-state index is 13.0. The van der Waals surface area contributed by atoms with Crippen molar-refractivity contribution in [1.29, 1.82) is 0 Å². The zero-order valence-electron chi connectivity index (χ0n) is 11.8. The van der Waals surface area contributed by atoms with E-state index >= 15 is 0 Å². The molecule has 3 rings (SSSR count). The molecular formula is C14H17N3O4. The standard InChI is InChI=1S/C14H17N3O4/c1-14(6-19-10-20-7-14)13(18)12(17-9-15-8-16-17)5-11-3-2-4-21-11/h2-4,8-9,12H,5-7,10H2,1H3. The zero-order valence-corrected chi connectivity index (χ0v) is 11.8. The van der Waals surface area contributed by atoms with Crippen LogP contribution in [0, 0.1) is 5.41 Å². The third-order valence-electron chi connectivity index (χ3n) is 3.64. The normalized spacial score (nSPS) is 19.3. The second-order valence-corrected chi connectivity index (χ2v) is 5.41. The van der Waals surface area contributed by atoms with Crippen LogP contribution < -0.4 is 0 Å². The monoisotopic (exact) mass is 291 g/mol. The van der Waals surface area contributed by atoms with E-state index < -0.39 is 11.5 Å². The fourth-order valence-corrected chi connectivity index (χ4v) is 2.48. The fraction of sp³-hybridized carbons (Fsp3) is 0.500. The highest BCUT2D eigenvalue weighted by Gasteiger charge is 2.41. The molecule has 1 atom stereocenters. The Kier molecular flexibility index (Phi) is 3.85. The first-order valence-electron chi connectivity index (χ1n) is 6.75. The number of ether oxygens (including phenoxy) is 2. The van der Waals surface area contributed by atoms with Gasteiger partial charge in [0.25, 0.3) is 0 Å². The minimum absolute atomic E-state index is 0.00380. The molecular weight excluding hydrogens is 274 g/mol. The van der Waals surface area contributed by atoms with Crippen LogP contribution in [0.1, 0.15) is 18.7 Å². The van der Waals surface area contributed by atoms with Crippen LogP contribution in [0.3, 0.4) is 0 Å². The molecule has 0 saturated carbocycles. The predicted molar refractivity (Wildman–Crippen MR) is 71.4 cm³/mol. The second-order valence-electron chi connectivity index (χ2n) is 5.41. The molecule has 1 saturated heterocycles. The van der Waals surface area contributed by atoms with Crippen LogP contribution in [0.25, 0.3) is 0 Å². The minimum Gasteiger partial charge on any atom is -0.469 e. The summed E-state index contributed by atoms with van der Waals surface area (Å²) in [6, 6.07) is 3.15. The number of hydrogen-bond acceptors (Lipinski definition) is 6. The first-order chi connectivity index (χ1) is 10.2. The van der Waals surface area contributed by atoms with Gasteiger partial charge in [-0.05, 0) is 19.1 Å². The van der Waals surface area contributed by atoms with E-state index in [-0.39, 0.29) is 12.6 Å². The van der Waals surface area contributed by atoms with Gasteiger partial charge in [0.05, 0.1) is 24.9 Å². The Bertz CT molecular complexity index is 573. The average molecular weight is 291 g/mol. The summed E-state index contributed by atoms with van der Waals surface area (Å²) in [6.45, 7) is 2.76. The Morgan fingerprint density at radius 1 is 1.48 bits per heavy atom. The second kappa shape index (κ2) is 5.79. The van der Waals surface area contributed by atoms with Gasteiger partial charge in [-0.1, -0.05) is 0 Å². The molecule has 0 N–H and O–H groups in total. The highest BCUT2D eigenvalue weighted by Crippen LogP contribution is 2.30. The number of furan rings is 1. The van der Waals surface area contributed by atoms with E-state index in [0.29, 0.717) is 19.6 Å². The summed E-state index contributed by atoms with van der Waals surface area (Å²) in [5.41, 5.74) is -0.693. The lowest BCUT2D eigenvalue weighted by atomic mass is 9.82. The van der Waals surface area contributed by atoms with Gasteiger partial charge in [-0.15, -0.1) is 0 Å². The Morgan fingerprint density at radius 3 is 2.90 bits per heavy atom. The molecule has 0 radical (unpaired) electrons. The van der Waals surface area contributed by atoms with E-state index in [0.717, 1.165) is 5.76 Å². The number of rotatable bonds is 5. The van der Waals surface area contributed by atoms with Crippen LogP contribution in [-0.2, 0) is 20.7 Å². The van der Waals surface area contributed by atoms with Gasteiger partial charge in [0.1, 0.15) is 31.2 Å². The van der Waals surface area contributed by atoms with Crippen molar-refractivity contribution in [2.75, 3.05) is 20.0 Å². The molecule has 1 unspecified atom stereocenters. The van der Waals surface area contributed by atoms with Gasteiger partial charge in [-0.25, -0.2) is 9.67 Å². The molecule has 7 nitrogen and oxygen atoms in total. The van der Waals surface area contributed by atoms with Gasteiger partial charge in [0.2, 0.25) is 0 Å². The summed E-state index contributed by atoms with van der Waals surface area (Å²) >= 11 is 0. The molecule has 1 fully saturated rings. The van der Waals surface area contributed by atoms with E-state index in [9.17, 15) is 4.79 Å². The predicted octanol–water partition coefficient (Wildman–Crippen LogP) is 1.23. The van der Waals surface area contributed by atoms with Crippen LogP contribution in [0.2, 0.25) is 0 Å². The molecule has 0 aliphatic carbocycles. The van der Waals surface area contributed by atoms with Gasteiger partial charge in [0.15, 0.2) is 5.78 Å². The molecule has 0 spiro atoms. The molecule has 2 aromatic heterocycles. The maximum absolute atomic E-state index is 13.0. The summed E-state index contributed by atoms with van der Waals surface area (Å²) in [5, 5.41) is 4.11. The summed E-state index contributed by atoms with van der Waals surface area (Å²) in [7, 11) is 0. The number of carbonyl (C=O) groups excluding carboxylic acids is 1. The van der Waals surface area contributed by atoms with Gasteiger partial charge in [-0.2, -0.15) is 5.10 Å². The number of nitrogens with zero attached hydrogens (tertiary/aromatic N) is 3. The Morgan fingerprint density at radius 2 is 2.29 bits per heavy atom. The molecule has 2 aromatic rings. The summed E-state index contributed by atoms with van der Waals surface area (Å²) in [6.07, 6.45) is 4.97. The fourth-order valence-electron chi connectivity index (χ4n) is 2.48. The van der Waals surface area contributed by atoms with Gasteiger partial charge in [-0.3, -0.25) is 4.79 Å². The summed E-state index contributed by atoms with van der Waals surface area (Å²) in [4.78, 5) is 16.9. The van der Waals surface area contributed by atoms with Crippen LogP contribution in [0.5, 0.6) is 0 Å². The Labute approximate surface area is 121 Å². The molecule has 21 heavy (non-hydrogen) atoms. The lowest BCUT2D eigenvalue weighted by Crippen LogP contribution is -2.45. The topological polar surface area (TPSA) is 79.4 Å². The molecule has 3 heterocycles. The number of aromatic nitrogens is 3. The lowest BCUT2D eigenvalue weighted by molar-refractivity contribution is -0.174. The molecule has 0 bridgehead atoms. The number of carbonyl (C=O) groups is 1. The van der Waals surface area contributed by atoms with Crippen molar-refractivity contribution >= 4 is 5.78 Å². The SMILES string of the molecule is CC1(C(=O)C(Cc2ccco2)n2cncn2)COCOC1. The van der Waals surface area contributed by atoms with E-state index in [1.165, 1.54) is 6.33 Å². The number of ketones is 1. The average Bonchev–Trinajstić information content (AvgIpc) is 3.18. The van der Waals surface area contributed by atoms with Crippen LogP contribution >= 0.6 is 0 Å². The Balaban J connectivity index is 1.86. The van der Waals surface area contributed by atoms with Crippen LogP contribution in [-0.4, -0.2) is 40.6 Å². The van der Waals surface area contributed by atoms with Crippen molar-refractivity contribution in [3.05, 3.63) is 36.8 Å². The van der Waals surface area contributed by atoms with Crippen molar-refractivity contribution in [3.63, 3.8) is 0 Å². The van der Waals surface area contributed by atoms with Crippen LogP contribution in [0.4, 0.5) is 0 Å². The largest absolute Gasteiger partial charge is 0.469 e. The summed E-state index contributed by atoms with van der Waals surface area (Å²) < 4.78 is 17.5. The zero-order chi connectivity index (χ0) is 14.7. The quantitative estimate of drug-likeness (QED) is 0.824. The van der Waals surface area contributed by atoms with Crippen molar-refractivity contribution in [1.82, 2.24) is 14.8 Å². The highest BCUT2D eigenvalue weighted by molar-refractivity contribution is 5.88. The van der Waals surface area contributed by atoms with E-state index in [1.54, 1.807) is 23.3 Å². The minimum atomic E-state index is -0.693. The lowest BCUT2D eigenvalue weighted by Gasteiger charge is -2.34. The number of Topliss-reactive ketones (excluding diaryl/α,β-unsaturated/α-hetero) is 1. The van der Waals surface area contributed by atoms with Gasteiger partial charge >= 0.3 is 0 Å². The molecule has 1 aliphatic heterocycles. The molecule has 1 aliphatic rings. The third kappa shape index (κ3) is 2.88. The van der Waals surface area contributed by atoms with Crippen molar-refractivity contribution in [2.45, 2.75) is 19.4 Å². The third-order valence-corrected chi connectivity index (χ3v) is 3.64. The first kappa shape index (κ1) is 14.0.